The van der Waals surface area contributed by atoms with Crippen LogP contribution in [0.25, 0.3) is 17.2 Å². The van der Waals surface area contributed by atoms with E-state index in [2.05, 4.69) is 63.7 Å². The number of aromatic nitrogens is 2. The summed E-state index contributed by atoms with van der Waals surface area (Å²) in [4.78, 5) is 164. The number of aliphatic hydroxyl groups excluding tert-OH is 6. The molecule has 11 bridgehead atoms. The van der Waals surface area contributed by atoms with Crippen LogP contribution in [0.4, 0.5) is 5.82 Å². The van der Waals surface area contributed by atoms with Gasteiger partial charge in [0.2, 0.25) is 65.2 Å². The molecule has 688 valence electrons. The van der Waals surface area contributed by atoms with E-state index in [9.17, 15) is 74.7 Å². The maximum absolute atomic E-state index is 16.4. The molecule has 0 saturated carbocycles. The number of nitrogens with two attached hydrogens (primary N) is 1. The summed E-state index contributed by atoms with van der Waals surface area (Å²) in [7, 11) is 2.76. The molecule has 7 aliphatic heterocycles. The number of hydrogen-bond acceptors (Lipinski definition) is 30. The summed E-state index contributed by atoms with van der Waals surface area (Å²) in [5.41, 5.74) is 5.65. The van der Waals surface area contributed by atoms with Crippen molar-refractivity contribution in [3.05, 3.63) is 180 Å². The van der Waals surface area contributed by atoms with Crippen molar-refractivity contribution in [2.24, 2.45) is 11.7 Å². The van der Waals surface area contributed by atoms with Gasteiger partial charge in [0.1, 0.15) is 101 Å². The molecule has 7 aromatic rings. The van der Waals surface area contributed by atoms with E-state index in [4.69, 9.17) is 73.7 Å². The van der Waals surface area contributed by atoms with Crippen molar-refractivity contribution < 1.29 is 127 Å². The lowest BCUT2D eigenvalue weighted by molar-refractivity contribution is -0.334. The highest BCUT2D eigenvalue weighted by molar-refractivity contribution is 6.32. The smallest absolute Gasteiger partial charge is 0.349 e. The third-order valence-electron chi connectivity index (χ3n) is 21.9. The highest BCUT2D eigenvalue weighted by atomic mass is 35.5. The molecule has 0 radical (unpaired) electrons. The Morgan fingerprint density at radius 3 is 2.01 bits per heavy atom. The SMILES string of the molecule is CNC(CC(C)C)C(=O)NC1C(=O)NC(CC(N)=O)C(=O)NC2C(=O)NC3C(=O)NC(C(=O)N[C@@H](C(=O)NNC(=O)CCOC)c4cc(O)cc(O)c4-c4cc3ccc4O)C(O)c3ccc(c(Cl)c3)Oc3cc2cc(c3OC2OC(CO)C(O)C(O)C2OC2C[C@@](C)(NCCn3ccc(NC(=O)/C=C/c4ccc(Cl)cc4)nc3=O)C(O)C(C)O2)Oc2ccc(cc2Cl)C1O. The Morgan fingerprint density at radius 1 is 0.721 bits per heavy atom. The van der Waals surface area contributed by atoms with E-state index in [-0.39, 0.29) is 61.8 Å². The van der Waals surface area contributed by atoms with E-state index in [0.717, 1.165) is 66.7 Å². The summed E-state index contributed by atoms with van der Waals surface area (Å²) in [6.07, 6.45) is -15.9. The molecule has 14 rings (SSSR count). The van der Waals surface area contributed by atoms with Crippen LogP contribution in [-0.2, 0) is 73.4 Å². The minimum atomic E-state index is -2.42. The molecule has 129 heavy (non-hydrogen) atoms. The normalized spacial score (nSPS) is 25.5. The van der Waals surface area contributed by atoms with Crippen molar-refractivity contribution in [3.63, 3.8) is 0 Å². The van der Waals surface area contributed by atoms with Gasteiger partial charge >= 0.3 is 5.69 Å². The molecule has 0 aliphatic carbocycles. The quantitative estimate of drug-likeness (QED) is 0.0318. The number of ether oxygens (including phenoxy) is 7. The number of likely N-dealkylation sites (N-methyl/N-ethyl adjacent to an activating group) is 1. The highest BCUT2D eigenvalue weighted by Crippen LogP contribution is 2.50. The number of benzene rings is 6. The number of aliphatic hydroxyl groups is 6. The fourth-order valence-electron chi connectivity index (χ4n) is 15.2. The van der Waals surface area contributed by atoms with Gasteiger partial charge in [0.25, 0.3) is 5.91 Å². The van der Waals surface area contributed by atoms with E-state index >= 15 is 24.0 Å². The molecule has 6 aromatic carbocycles. The van der Waals surface area contributed by atoms with Crippen molar-refractivity contribution in [2.45, 2.75) is 169 Å². The summed E-state index contributed by atoms with van der Waals surface area (Å²) in [6.45, 7) is 5.43. The Bertz CT molecular complexity index is 5520. The molecular weight excluding hydrogens is 1760 g/mol. The van der Waals surface area contributed by atoms with Crippen LogP contribution in [-0.4, -0.2) is 227 Å². The topological polar surface area (TPSA) is 611 Å². The predicted octanol–water partition coefficient (Wildman–Crippen LogP) is 1.40. The van der Waals surface area contributed by atoms with Gasteiger partial charge in [-0.3, -0.25) is 63.4 Å². The van der Waals surface area contributed by atoms with Gasteiger partial charge in [-0.25, -0.2) is 4.79 Å². The van der Waals surface area contributed by atoms with Crippen LogP contribution in [0.1, 0.15) is 117 Å². The number of nitrogens with zero attached hydrogens (tertiary/aromatic N) is 2. The number of amides is 10. The molecule has 10 amide bonds. The third-order valence-corrected chi connectivity index (χ3v) is 22.8. The Morgan fingerprint density at radius 2 is 1.37 bits per heavy atom. The number of aromatic hydroxyl groups is 3. The van der Waals surface area contributed by atoms with Gasteiger partial charge in [-0.15, -0.1) is 0 Å². The fraction of sp³-hybridized carbons (Fsp3) is 0.388. The summed E-state index contributed by atoms with van der Waals surface area (Å²) >= 11 is 20.4. The lowest BCUT2D eigenvalue weighted by Crippen LogP contribution is -2.65. The van der Waals surface area contributed by atoms with Crippen LogP contribution in [0.2, 0.25) is 15.1 Å². The van der Waals surface area contributed by atoms with Crippen LogP contribution in [0.3, 0.4) is 0 Å². The lowest BCUT2D eigenvalue weighted by atomic mass is 9.85. The van der Waals surface area contributed by atoms with Crippen molar-refractivity contribution in [3.8, 4) is 57.1 Å². The molecule has 41 nitrogen and oxygen atoms in total. The van der Waals surface area contributed by atoms with Gasteiger partial charge < -0.3 is 133 Å². The van der Waals surface area contributed by atoms with Crippen LogP contribution < -0.4 is 84.3 Å². The standard InChI is InChI=1S/C85H95Cl3N14O27/c1-36(2)25-49(90-5)76(115)98-67-69(110)40-11-16-53(47(87)27-40)125-55-29-42-30-56(73(55)129-83-74(72(113)71(112)57(35-103)127-83)128-62-34-85(4,75(114)37(3)124-62)91-21-23-102-22-19-59(94-84(102)122)93-60(108)18-9-38-7-13-43(86)14-8-38)126-54-17-12-41(28-48(54)88)70(111)68-81(120)97-66(82(121)101-100-61(109)20-24-123-6)46-31-44(104)32-52(106)63(46)45-26-39(10-15-51(45)105)64(78(117)99-68)96-79(118)65(42)95-77(116)50(33-58(89)107)92-80(67)119/h7-19,22,26-32,36-37,49-50,57,62,64-72,74-75,83,90-91,103-106,110-114H,20-21,23-25,33-35H2,1-6H3,(H2,89,107)(H,92,119)(H,95,116)(H,96,118)(H,97,120)(H,98,115)(H,99,117)(H,100,109)(H,101,121)(H,93,94,108,122)/b18-9+/t37?,49?,50?,57?,62?,64?,65?,66-,67?,68?,69?,70?,71?,72?,74?,75?,83?,85-/m1/s1. The van der Waals surface area contributed by atoms with Crippen LogP contribution in [0.5, 0.6) is 46.0 Å². The number of phenolic OH excluding ortho intramolecular Hbond substituents is 3. The zero-order chi connectivity index (χ0) is 93.3. The Hall–Kier alpha value is -12.2. The molecule has 1 aromatic heterocycles. The number of hydrazine groups is 1. The van der Waals surface area contributed by atoms with Gasteiger partial charge in [0.05, 0.1) is 54.4 Å². The Labute approximate surface area is 749 Å². The van der Waals surface area contributed by atoms with Crippen molar-refractivity contribution in [1.82, 2.24) is 62.9 Å². The minimum absolute atomic E-state index is 0.0422. The highest BCUT2D eigenvalue weighted by Gasteiger charge is 2.52. The molecule has 7 aliphatic rings. The maximum atomic E-state index is 16.4. The number of primary amides is 1. The average Bonchev–Trinajstić information content (AvgIpc) is 0.760. The molecule has 2 saturated heterocycles. The molecule has 0 spiro atoms. The first-order chi connectivity index (χ1) is 61.3. The van der Waals surface area contributed by atoms with Crippen molar-refractivity contribution >= 4 is 106 Å². The molecule has 18 atom stereocenters. The number of carbonyl (C=O) groups excluding carboxylic acids is 10. The van der Waals surface area contributed by atoms with E-state index < -0.39 is 271 Å². The van der Waals surface area contributed by atoms with Gasteiger partial charge in [0.15, 0.2) is 23.9 Å². The maximum Gasteiger partial charge on any atom is 0.349 e. The van der Waals surface area contributed by atoms with Gasteiger partial charge in [0, 0.05) is 66.6 Å². The van der Waals surface area contributed by atoms with E-state index in [1.807, 2.05) is 0 Å². The first kappa shape index (κ1) is 95.9. The van der Waals surface area contributed by atoms with Gasteiger partial charge in [-0.05, 0) is 145 Å². The fourth-order valence-corrected chi connectivity index (χ4v) is 15.7. The molecule has 16 unspecified atom stereocenters. The van der Waals surface area contributed by atoms with Crippen molar-refractivity contribution in [1.29, 1.82) is 0 Å². The number of hydrogen-bond donors (Lipinski definition) is 21. The van der Waals surface area contributed by atoms with E-state index in [0.29, 0.717) is 10.6 Å². The third kappa shape index (κ3) is 22.6. The van der Waals surface area contributed by atoms with Crippen LogP contribution in [0, 0.1) is 5.92 Å². The van der Waals surface area contributed by atoms with Gasteiger partial charge in [-0.2, -0.15) is 4.98 Å². The van der Waals surface area contributed by atoms with Crippen LogP contribution in [0.15, 0.2) is 126 Å². The molecule has 44 heteroatoms. The number of phenols is 3. The van der Waals surface area contributed by atoms with Gasteiger partial charge in [-0.1, -0.05) is 79.0 Å². The zero-order valence-electron chi connectivity index (χ0n) is 69.7. The number of methoxy groups -OCH3 is 1. The second-order valence-corrected chi connectivity index (χ2v) is 32.9. The van der Waals surface area contributed by atoms with Crippen LogP contribution >= 0.6 is 34.8 Å². The average molecular weight is 1850 g/mol. The number of carbonyl (C=O) groups is 10. The first-order valence-electron chi connectivity index (χ1n) is 40.4. The number of anilines is 1. The summed E-state index contributed by atoms with van der Waals surface area (Å²) in [5, 5.41) is 130. The first-order valence-corrected chi connectivity index (χ1v) is 41.5. The molecule has 8 heterocycles. The second-order valence-electron chi connectivity index (χ2n) is 31.7. The lowest BCUT2D eigenvalue weighted by Gasteiger charge is -2.48. The molecular formula is C85H95Cl3N14O27. The Kier molecular flexibility index (Phi) is 30.9. The monoisotopic (exact) mass is 1850 g/mol. The largest absolute Gasteiger partial charge is 0.508 e. The second kappa shape index (κ2) is 41.5. The van der Waals surface area contributed by atoms with E-state index in [1.54, 1.807) is 45.0 Å². The number of fused-ring (bicyclic) bond motifs is 15. The number of halogens is 3. The summed E-state index contributed by atoms with van der Waals surface area (Å²) in [6, 6.07) is 7.06. The summed E-state index contributed by atoms with van der Waals surface area (Å²) < 4.78 is 45.6. The molecule has 2 fully saturated rings. The number of rotatable bonds is 23. The van der Waals surface area contributed by atoms with Crippen molar-refractivity contribution in [2.75, 3.05) is 39.2 Å². The Balaban J connectivity index is 0.998. The predicted molar refractivity (Wildman–Crippen MR) is 456 cm³/mol. The summed E-state index contributed by atoms with van der Waals surface area (Å²) in [5.74, 6) is -17.5. The minimum Gasteiger partial charge on any atom is -0.508 e. The zero-order valence-corrected chi connectivity index (χ0v) is 71.9. The van der Waals surface area contributed by atoms with E-state index in [1.165, 1.54) is 62.2 Å². The molecule has 22 N–H and O–H groups in total. The number of nitrogens with one attached hydrogen (secondary N) is 11.